The molecule has 0 aliphatic carbocycles. The van der Waals surface area contributed by atoms with E-state index in [0.29, 0.717) is 12.8 Å². The largest absolute Gasteiger partial charge is 0.269 e. The van der Waals surface area contributed by atoms with E-state index in [-0.39, 0.29) is 19.0 Å². The zero-order chi connectivity index (χ0) is 18.2. The molecule has 25 heavy (non-hydrogen) atoms. The Morgan fingerprint density at radius 1 is 1.16 bits per heavy atom. The topological polar surface area (TPSA) is 55.2 Å². The van der Waals surface area contributed by atoms with Crippen LogP contribution in [-0.2, 0) is 16.6 Å². The Morgan fingerprint density at radius 2 is 1.76 bits per heavy atom. The van der Waals surface area contributed by atoms with Gasteiger partial charge in [-0.05, 0) is 50.8 Å². The number of sulfonamides is 1. The van der Waals surface area contributed by atoms with Gasteiger partial charge >= 0.3 is 0 Å². The lowest BCUT2D eigenvalue weighted by Gasteiger charge is -2.31. The van der Waals surface area contributed by atoms with Crippen LogP contribution in [0.5, 0.6) is 0 Å². The van der Waals surface area contributed by atoms with Gasteiger partial charge in [-0.25, -0.2) is 17.2 Å². The lowest BCUT2D eigenvalue weighted by molar-refractivity contribution is 0.245. The number of benzene rings is 1. The van der Waals surface area contributed by atoms with E-state index in [1.165, 1.54) is 4.31 Å². The maximum absolute atomic E-state index is 13.9. The average molecular weight is 369 g/mol. The number of nitrogens with zero attached hydrogens (tertiary/aromatic N) is 3. The lowest BCUT2D eigenvalue weighted by Crippen LogP contribution is -2.40. The van der Waals surface area contributed by atoms with Crippen molar-refractivity contribution >= 4 is 10.0 Å². The Hall–Kier alpha value is -1.80. The molecule has 2 aromatic rings. The summed E-state index contributed by atoms with van der Waals surface area (Å²) in [5.74, 6) is -1.82. The first-order valence-corrected chi connectivity index (χ1v) is 9.68. The lowest BCUT2D eigenvalue weighted by atomic mass is 9.98. The molecule has 1 fully saturated rings. The van der Waals surface area contributed by atoms with Crippen LogP contribution in [0.2, 0.25) is 0 Å². The van der Waals surface area contributed by atoms with Gasteiger partial charge < -0.3 is 0 Å². The van der Waals surface area contributed by atoms with Crippen LogP contribution in [0.4, 0.5) is 8.78 Å². The van der Waals surface area contributed by atoms with Crippen molar-refractivity contribution in [1.29, 1.82) is 0 Å². The van der Waals surface area contributed by atoms with Crippen molar-refractivity contribution < 1.29 is 17.2 Å². The molecule has 136 valence electrons. The summed E-state index contributed by atoms with van der Waals surface area (Å²) in [5, 5.41) is 4.43. The fraction of sp³-hybridized carbons (Fsp3) is 0.471. The summed E-state index contributed by atoms with van der Waals surface area (Å²) in [6.45, 7) is 5.14. The molecule has 1 aliphatic rings. The monoisotopic (exact) mass is 369 g/mol. The Balaban J connectivity index is 1.70. The number of halogens is 2. The van der Waals surface area contributed by atoms with Gasteiger partial charge in [0.05, 0.1) is 5.69 Å². The Morgan fingerprint density at radius 3 is 2.28 bits per heavy atom. The minimum Gasteiger partial charge on any atom is -0.269 e. The van der Waals surface area contributed by atoms with Gasteiger partial charge in [0.2, 0.25) is 10.0 Å². The highest BCUT2D eigenvalue weighted by molar-refractivity contribution is 7.89. The van der Waals surface area contributed by atoms with Crippen LogP contribution in [-0.4, -0.2) is 35.6 Å². The molecule has 2 heterocycles. The van der Waals surface area contributed by atoms with Crippen molar-refractivity contribution in [2.75, 3.05) is 13.1 Å². The minimum atomic E-state index is -4.16. The molecule has 0 amide bonds. The number of hydrogen-bond acceptors (Lipinski definition) is 3. The number of piperidine rings is 1. The minimum absolute atomic E-state index is 0.250. The highest BCUT2D eigenvalue weighted by Gasteiger charge is 2.33. The first kappa shape index (κ1) is 18.0. The normalized spacial score (nSPS) is 17.1. The summed E-state index contributed by atoms with van der Waals surface area (Å²) in [7, 11) is -4.16. The summed E-state index contributed by atoms with van der Waals surface area (Å²) < 4.78 is 56.0. The van der Waals surface area contributed by atoms with E-state index in [0.717, 1.165) is 36.1 Å². The summed E-state index contributed by atoms with van der Waals surface area (Å²) >= 11 is 0. The molecule has 1 aromatic carbocycles. The molecule has 3 rings (SSSR count). The van der Waals surface area contributed by atoms with Crippen LogP contribution in [0.1, 0.15) is 24.2 Å². The zero-order valence-corrected chi connectivity index (χ0v) is 15.1. The third-order valence-electron chi connectivity index (χ3n) is 4.62. The molecule has 1 aromatic heterocycles. The molecular weight excluding hydrogens is 348 g/mol. The van der Waals surface area contributed by atoms with E-state index < -0.39 is 26.6 Å². The summed E-state index contributed by atoms with van der Waals surface area (Å²) in [5.41, 5.74) is 2.02. The molecule has 8 heteroatoms. The molecule has 0 N–H and O–H groups in total. The third kappa shape index (κ3) is 3.59. The van der Waals surface area contributed by atoms with E-state index in [9.17, 15) is 17.2 Å². The van der Waals surface area contributed by atoms with Crippen LogP contribution in [0, 0.1) is 31.4 Å². The van der Waals surface area contributed by atoms with Gasteiger partial charge in [-0.1, -0.05) is 6.07 Å². The van der Waals surface area contributed by atoms with Gasteiger partial charge in [-0.2, -0.15) is 9.40 Å². The maximum Gasteiger partial charge on any atom is 0.248 e. The number of hydrogen-bond donors (Lipinski definition) is 0. The van der Waals surface area contributed by atoms with Crippen molar-refractivity contribution in [2.45, 2.75) is 38.1 Å². The van der Waals surface area contributed by atoms with Crippen molar-refractivity contribution in [3.8, 4) is 0 Å². The smallest absolute Gasteiger partial charge is 0.248 e. The molecular formula is C17H21F2N3O2S. The first-order chi connectivity index (χ1) is 11.8. The Kier molecular flexibility index (Phi) is 4.92. The van der Waals surface area contributed by atoms with Gasteiger partial charge in [-0.15, -0.1) is 0 Å². The van der Waals surface area contributed by atoms with E-state index in [4.69, 9.17) is 0 Å². The first-order valence-electron chi connectivity index (χ1n) is 8.24. The molecule has 0 saturated carbocycles. The molecule has 0 bridgehead atoms. The Bertz CT molecular complexity index is 852. The average Bonchev–Trinajstić information content (AvgIpc) is 2.85. The number of aromatic nitrogens is 2. The SMILES string of the molecule is Cc1cc(C)n(CC2CCN(S(=O)(=O)c3c(F)cccc3F)CC2)n1. The molecule has 0 spiro atoms. The fourth-order valence-corrected chi connectivity index (χ4v) is 4.87. The van der Waals surface area contributed by atoms with Crippen molar-refractivity contribution in [3.63, 3.8) is 0 Å². The van der Waals surface area contributed by atoms with Crippen LogP contribution in [0.25, 0.3) is 0 Å². The quantitative estimate of drug-likeness (QED) is 0.833. The molecule has 0 unspecified atom stereocenters. The standard InChI is InChI=1S/C17H21F2N3O2S/c1-12-10-13(2)22(20-12)11-14-6-8-21(9-7-14)25(23,24)17-15(18)4-3-5-16(17)19/h3-5,10,14H,6-9,11H2,1-2H3. The highest BCUT2D eigenvalue weighted by Crippen LogP contribution is 2.27. The van der Waals surface area contributed by atoms with Crippen LogP contribution >= 0.6 is 0 Å². The molecule has 5 nitrogen and oxygen atoms in total. The summed E-state index contributed by atoms with van der Waals surface area (Å²) in [4.78, 5) is -0.855. The summed E-state index contributed by atoms with van der Waals surface area (Å²) in [6.07, 6.45) is 1.27. The van der Waals surface area contributed by atoms with Crippen LogP contribution < -0.4 is 0 Å². The number of rotatable bonds is 4. The van der Waals surface area contributed by atoms with Crippen LogP contribution in [0.15, 0.2) is 29.2 Å². The van der Waals surface area contributed by atoms with E-state index in [2.05, 4.69) is 5.10 Å². The van der Waals surface area contributed by atoms with Gasteiger partial charge in [0.15, 0.2) is 4.90 Å². The van der Waals surface area contributed by atoms with Gasteiger partial charge in [0, 0.05) is 25.3 Å². The predicted molar refractivity (Wildman–Crippen MR) is 89.5 cm³/mol. The fourth-order valence-electron chi connectivity index (χ4n) is 3.29. The highest BCUT2D eigenvalue weighted by atomic mass is 32.2. The second-order valence-electron chi connectivity index (χ2n) is 6.51. The van der Waals surface area contributed by atoms with E-state index in [1.54, 1.807) is 0 Å². The molecule has 1 saturated heterocycles. The van der Waals surface area contributed by atoms with E-state index in [1.807, 2.05) is 24.6 Å². The predicted octanol–water partition coefficient (Wildman–Crippen LogP) is 2.88. The molecule has 0 radical (unpaired) electrons. The van der Waals surface area contributed by atoms with Crippen molar-refractivity contribution in [1.82, 2.24) is 14.1 Å². The van der Waals surface area contributed by atoms with Gasteiger partial charge in [0.25, 0.3) is 0 Å². The zero-order valence-electron chi connectivity index (χ0n) is 14.2. The van der Waals surface area contributed by atoms with Crippen molar-refractivity contribution in [2.24, 2.45) is 5.92 Å². The second-order valence-corrected chi connectivity index (χ2v) is 8.38. The second kappa shape index (κ2) is 6.84. The summed E-state index contributed by atoms with van der Waals surface area (Å²) in [6, 6.07) is 5.09. The van der Waals surface area contributed by atoms with Crippen molar-refractivity contribution in [3.05, 3.63) is 47.3 Å². The number of aryl methyl sites for hydroxylation is 2. The molecule has 0 atom stereocenters. The maximum atomic E-state index is 13.9. The Labute approximate surface area is 146 Å². The van der Waals surface area contributed by atoms with E-state index >= 15 is 0 Å². The third-order valence-corrected chi connectivity index (χ3v) is 6.58. The van der Waals surface area contributed by atoms with Crippen LogP contribution in [0.3, 0.4) is 0 Å². The molecule has 1 aliphatic heterocycles. The van der Waals surface area contributed by atoms with Gasteiger partial charge in [-0.3, -0.25) is 4.68 Å². The van der Waals surface area contributed by atoms with Gasteiger partial charge in [0.1, 0.15) is 11.6 Å².